The Morgan fingerprint density at radius 3 is 1.40 bits per heavy atom. The molecule has 444 valence electrons. The number of aliphatic hydroxyl groups is 8. The van der Waals surface area contributed by atoms with Crippen LogP contribution in [0.2, 0.25) is 0 Å². The molecular weight excluding hydrogens is 991 g/mol. The van der Waals surface area contributed by atoms with Crippen LogP contribution < -0.4 is 5.32 Å². The summed E-state index contributed by atoms with van der Waals surface area (Å²) in [7, 11) is 0. The first-order valence-corrected chi connectivity index (χ1v) is 29.8. The van der Waals surface area contributed by atoms with Gasteiger partial charge in [-0.3, -0.25) is 4.79 Å². The van der Waals surface area contributed by atoms with Crippen LogP contribution in [-0.4, -0.2) is 140 Å². The number of carbonyl (C=O) groups is 1. The summed E-state index contributed by atoms with van der Waals surface area (Å²) in [5, 5.41) is 86.5. The fourth-order valence-electron chi connectivity index (χ4n) is 8.86. The van der Waals surface area contributed by atoms with Crippen LogP contribution in [0.5, 0.6) is 0 Å². The molecule has 12 atom stereocenters. The number of nitrogens with one attached hydrogen (secondary N) is 1. The van der Waals surface area contributed by atoms with Crippen LogP contribution in [0.25, 0.3) is 0 Å². The lowest BCUT2D eigenvalue weighted by atomic mass is 9.97. The minimum Gasteiger partial charge on any atom is -0.394 e. The lowest BCUT2D eigenvalue weighted by Gasteiger charge is -2.46. The summed E-state index contributed by atoms with van der Waals surface area (Å²) in [5.41, 5.74) is 0. The Bertz CT molecular complexity index is 1770. The molecule has 78 heavy (non-hydrogen) atoms. The first kappa shape index (κ1) is 70.5. The van der Waals surface area contributed by atoms with E-state index in [4.69, 9.17) is 18.9 Å². The van der Waals surface area contributed by atoms with Gasteiger partial charge in [0.25, 0.3) is 0 Å². The Balaban J connectivity index is 1.58. The first-order chi connectivity index (χ1) is 38.1. The normalized spacial score (nSPS) is 25.5. The molecule has 2 aliphatic heterocycles. The molecule has 14 nitrogen and oxygen atoms in total. The summed E-state index contributed by atoms with van der Waals surface area (Å²) in [5.74, 6) is -0.262. The number of unbranched alkanes of at least 4 members (excludes halogenated alkanes) is 14. The molecule has 0 aromatic rings. The van der Waals surface area contributed by atoms with Crippen molar-refractivity contribution in [2.45, 2.75) is 254 Å². The van der Waals surface area contributed by atoms with Gasteiger partial charge in [-0.1, -0.05) is 206 Å². The minimum absolute atomic E-state index is 0.262. The molecule has 12 unspecified atom stereocenters. The number of allylic oxidation sites excluding steroid dienone is 19. The average molecular weight is 1100 g/mol. The van der Waals surface area contributed by atoms with Crippen LogP contribution in [-0.2, 0) is 23.7 Å². The highest BCUT2D eigenvalue weighted by molar-refractivity contribution is 5.76. The van der Waals surface area contributed by atoms with Crippen molar-refractivity contribution in [2.75, 3.05) is 19.8 Å². The van der Waals surface area contributed by atoms with Crippen LogP contribution in [0.3, 0.4) is 0 Å². The summed E-state index contributed by atoms with van der Waals surface area (Å²) in [6.45, 7) is 2.51. The minimum atomic E-state index is -1.79. The number of amides is 1. The van der Waals surface area contributed by atoms with Crippen LogP contribution >= 0.6 is 0 Å². The maximum Gasteiger partial charge on any atom is 0.220 e. The van der Waals surface area contributed by atoms with Crippen LogP contribution in [0.15, 0.2) is 122 Å². The molecule has 0 radical (unpaired) electrons. The molecule has 0 spiro atoms. The van der Waals surface area contributed by atoms with Crippen molar-refractivity contribution in [1.29, 1.82) is 0 Å². The summed E-state index contributed by atoms with van der Waals surface area (Å²) in [6, 6.07) is -0.937. The van der Waals surface area contributed by atoms with E-state index in [0.717, 1.165) is 96.3 Å². The molecule has 0 aromatic heterocycles. The maximum absolute atomic E-state index is 13.2. The third-order valence-electron chi connectivity index (χ3n) is 13.6. The van der Waals surface area contributed by atoms with Crippen molar-refractivity contribution < 1.29 is 64.6 Å². The molecule has 0 aromatic carbocycles. The highest BCUT2D eigenvalue weighted by atomic mass is 16.7. The Morgan fingerprint density at radius 2 is 0.897 bits per heavy atom. The van der Waals surface area contributed by atoms with Gasteiger partial charge in [0.1, 0.15) is 48.8 Å². The monoisotopic (exact) mass is 1100 g/mol. The van der Waals surface area contributed by atoms with E-state index in [1.54, 1.807) is 6.08 Å². The highest BCUT2D eigenvalue weighted by Crippen LogP contribution is 2.30. The van der Waals surface area contributed by atoms with Crippen LogP contribution in [0, 0.1) is 0 Å². The fourth-order valence-corrected chi connectivity index (χ4v) is 8.86. The van der Waals surface area contributed by atoms with Crippen molar-refractivity contribution in [1.82, 2.24) is 5.32 Å². The predicted octanol–water partition coefficient (Wildman–Crippen LogP) is 10.2. The number of carbonyl (C=O) groups excluding carboxylic acids is 1. The number of ether oxygens (including phenoxy) is 4. The topological polar surface area (TPSA) is 228 Å². The second-order valence-electron chi connectivity index (χ2n) is 20.4. The van der Waals surface area contributed by atoms with E-state index in [2.05, 4.69) is 129 Å². The molecule has 2 fully saturated rings. The van der Waals surface area contributed by atoms with E-state index >= 15 is 0 Å². The molecule has 2 heterocycles. The quantitative estimate of drug-likeness (QED) is 0.0205. The van der Waals surface area contributed by atoms with Gasteiger partial charge in [-0.2, -0.15) is 0 Å². The number of hydrogen-bond acceptors (Lipinski definition) is 13. The lowest BCUT2D eigenvalue weighted by Crippen LogP contribution is -2.65. The zero-order valence-electron chi connectivity index (χ0n) is 47.6. The number of rotatable bonds is 45. The molecule has 0 aliphatic carbocycles. The van der Waals surface area contributed by atoms with Gasteiger partial charge >= 0.3 is 0 Å². The molecule has 0 saturated carbocycles. The van der Waals surface area contributed by atoms with Crippen LogP contribution in [0.1, 0.15) is 181 Å². The second-order valence-corrected chi connectivity index (χ2v) is 20.4. The SMILES string of the molecule is CC/C=C\C/C=C\C/C=C\C/C=C\C/C=C\C/C=C\C/C=C\C/C=C\CCCCCCCCCCCCCCC(=O)NC(COC1OC(CO)C(OC2OC(CO)C(O)C(O)C2O)C(O)C1O)C(O)/C=C/CC/C=C/CCC. The fraction of sp³-hybridized carbons (Fsp3) is 0.672. The molecule has 2 saturated heterocycles. The summed E-state index contributed by atoms with van der Waals surface area (Å²) < 4.78 is 22.6. The molecule has 9 N–H and O–H groups in total. The smallest absolute Gasteiger partial charge is 0.220 e. The molecular formula is C64H105NO13. The first-order valence-electron chi connectivity index (χ1n) is 29.8. The van der Waals surface area contributed by atoms with Gasteiger partial charge in [0, 0.05) is 6.42 Å². The van der Waals surface area contributed by atoms with Crippen molar-refractivity contribution in [3.05, 3.63) is 122 Å². The van der Waals surface area contributed by atoms with Gasteiger partial charge in [-0.05, 0) is 89.9 Å². The third-order valence-corrected chi connectivity index (χ3v) is 13.6. The maximum atomic E-state index is 13.2. The largest absolute Gasteiger partial charge is 0.394 e. The van der Waals surface area contributed by atoms with Gasteiger partial charge < -0.3 is 65.1 Å². The number of aliphatic hydroxyl groups excluding tert-OH is 8. The Labute approximate surface area is 469 Å². The Kier molecular flexibility index (Phi) is 43.5. The zero-order chi connectivity index (χ0) is 56.7. The Hall–Kier alpha value is -3.61. The predicted molar refractivity (Wildman–Crippen MR) is 313 cm³/mol. The summed E-state index contributed by atoms with van der Waals surface area (Å²) in [6.07, 6.45) is 53.0. The van der Waals surface area contributed by atoms with E-state index in [1.165, 1.54) is 51.4 Å². The van der Waals surface area contributed by atoms with E-state index in [0.29, 0.717) is 12.8 Å². The lowest BCUT2D eigenvalue weighted by molar-refractivity contribution is -0.359. The second kappa shape index (κ2) is 48.1. The third kappa shape index (κ3) is 33.2. The van der Waals surface area contributed by atoms with Gasteiger partial charge in [0.05, 0.1) is 32.0 Å². The van der Waals surface area contributed by atoms with Gasteiger partial charge in [0.15, 0.2) is 12.6 Å². The summed E-state index contributed by atoms with van der Waals surface area (Å²) in [4.78, 5) is 13.2. The molecule has 14 heteroatoms. The molecule has 0 bridgehead atoms. The number of hydrogen-bond donors (Lipinski definition) is 9. The molecule has 2 rings (SSSR count). The van der Waals surface area contributed by atoms with E-state index in [1.807, 2.05) is 6.08 Å². The summed E-state index contributed by atoms with van der Waals surface area (Å²) >= 11 is 0. The van der Waals surface area contributed by atoms with E-state index < -0.39 is 86.8 Å². The standard InChI is InChI=1S/C64H105NO13/c1-3-5-7-9-11-12-13-14-15-16-17-18-19-20-21-22-23-24-25-26-27-28-29-30-31-32-33-34-35-36-37-38-39-40-42-44-46-48-56(69)65-52(53(68)47-45-43-41-10-8-6-4-2)51-75-63-61(74)59(72)62(55(50-67)77-63)78-64-60(73)58(71)57(70)54(49-66)76-64/h5,7-8,10-12,14-15,17-18,20-21,23-24,26-27,29-30,45,47,52-55,57-64,66-68,70-74H,3-4,6,9,13,16,19,22,25,28,31-44,46,48-51H2,1-2H3,(H,65,69)/b7-5-,10-8+,12-11-,15-14-,18-17-,21-20-,24-23-,27-26-,30-29-,47-45+. The van der Waals surface area contributed by atoms with Gasteiger partial charge in [-0.15, -0.1) is 0 Å². The van der Waals surface area contributed by atoms with Crippen LogP contribution in [0.4, 0.5) is 0 Å². The Morgan fingerprint density at radius 1 is 0.474 bits per heavy atom. The van der Waals surface area contributed by atoms with Gasteiger partial charge in [-0.25, -0.2) is 0 Å². The van der Waals surface area contributed by atoms with Gasteiger partial charge in [0.2, 0.25) is 5.91 Å². The van der Waals surface area contributed by atoms with Crippen molar-refractivity contribution >= 4 is 5.91 Å². The van der Waals surface area contributed by atoms with Crippen molar-refractivity contribution in [3.8, 4) is 0 Å². The van der Waals surface area contributed by atoms with E-state index in [9.17, 15) is 45.6 Å². The average Bonchev–Trinajstić information content (AvgIpc) is 3.47. The highest BCUT2D eigenvalue weighted by Gasteiger charge is 2.51. The van der Waals surface area contributed by atoms with Crippen molar-refractivity contribution in [2.24, 2.45) is 0 Å². The van der Waals surface area contributed by atoms with E-state index in [-0.39, 0.29) is 18.9 Å². The molecule has 2 aliphatic rings. The molecule has 1 amide bonds. The van der Waals surface area contributed by atoms with Crippen molar-refractivity contribution in [3.63, 3.8) is 0 Å². The zero-order valence-corrected chi connectivity index (χ0v) is 47.6.